The number of hydrogen-bond donors (Lipinski definition) is 4. The lowest BCUT2D eigenvalue weighted by atomic mass is 9.94. The molecule has 124 heavy (non-hydrogen) atoms. The Balaban J connectivity index is 0.000000137. The van der Waals surface area contributed by atoms with Crippen LogP contribution in [0.3, 0.4) is 0 Å². The van der Waals surface area contributed by atoms with Gasteiger partial charge in [-0.3, -0.25) is 52.9 Å². The van der Waals surface area contributed by atoms with Crippen LogP contribution in [0.2, 0.25) is 30.1 Å². The Kier molecular flexibility index (Phi) is 26.5. The smallest absolute Gasteiger partial charge is 0.279 e. The number of halogens is 7. The van der Waals surface area contributed by atoms with Crippen LogP contribution in [0.25, 0.3) is 0 Å². The second-order valence-corrected chi connectivity index (χ2v) is 32.6. The second kappa shape index (κ2) is 38.1. The van der Waals surface area contributed by atoms with Crippen molar-refractivity contribution in [3.63, 3.8) is 0 Å². The van der Waals surface area contributed by atoms with E-state index < -0.39 is 46.3 Å². The van der Waals surface area contributed by atoms with Gasteiger partial charge in [0, 0.05) is 164 Å². The van der Waals surface area contributed by atoms with Gasteiger partial charge in [0.25, 0.3) is 51.5 Å². The van der Waals surface area contributed by atoms with Gasteiger partial charge < -0.3 is 45.3 Å². The number of aromatic amines is 1. The van der Waals surface area contributed by atoms with Crippen LogP contribution in [0.1, 0.15) is 86.7 Å². The fourth-order valence-corrected chi connectivity index (χ4v) is 17.6. The normalized spacial score (nSPS) is 16.6. The molecule has 0 aliphatic carbocycles. The minimum Gasteiger partial charge on any atom is -0.368 e. The van der Waals surface area contributed by atoms with Gasteiger partial charge in [0.05, 0.1) is 46.9 Å². The molecule has 0 spiro atoms. The van der Waals surface area contributed by atoms with Crippen molar-refractivity contribution in [1.82, 2.24) is 43.2 Å². The molecule has 4 N–H and O–H groups in total. The number of nitrogens with zero attached hydrogens (tertiary/aromatic N) is 11. The SMILES string of the molecule is CC1=C(C(=O)N2CCN(c3ccccc3)CC2)C(c2cccc(Cl)c2Cl)n2[nH]c(=O)cc2N1.CC1=C(C(=O)N2CCN(c3ccccc3)CC2)C(c2cccc(Cl)c2Cl)n2c(cc(=O)n2C(=O)c2ccccc2)N1.CC1=C(C(=O)N2CCN(c3ccccc3)CC2)C(c2cccc(Cl)c2Cl)n2c(cc(=O)n2C(=O)c2ccccc2)N1.O=C(Cl)c1ccccc1. The third kappa shape index (κ3) is 18.0. The first kappa shape index (κ1) is 86.4. The van der Waals surface area contributed by atoms with E-state index in [1.54, 1.807) is 162 Å². The van der Waals surface area contributed by atoms with Gasteiger partial charge in [-0.2, -0.15) is 9.36 Å². The highest BCUT2D eigenvalue weighted by atomic mass is 35.5. The summed E-state index contributed by atoms with van der Waals surface area (Å²) in [7, 11) is 0. The van der Waals surface area contributed by atoms with Gasteiger partial charge in [0.2, 0.25) is 0 Å². The van der Waals surface area contributed by atoms with Crippen molar-refractivity contribution in [1.29, 1.82) is 0 Å². The molecule has 31 heteroatoms. The number of fused-ring (bicyclic) bond motifs is 3. The predicted molar refractivity (Wildman–Crippen MR) is 490 cm³/mol. The zero-order valence-corrected chi connectivity index (χ0v) is 72.5. The molecule has 3 amide bonds. The summed E-state index contributed by atoms with van der Waals surface area (Å²) in [6, 6.07) is 73.7. The molecule has 9 heterocycles. The first-order chi connectivity index (χ1) is 59.9. The molecule has 632 valence electrons. The van der Waals surface area contributed by atoms with E-state index in [9.17, 15) is 43.2 Å². The van der Waals surface area contributed by atoms with Crippen LogP contribution in [-0.2, 0) is 14.4 Å². The molecule has 18 rings (SSSR count). The number of hydrogen-bond acceptors (Lipinski definition) is 15. The number of rotatable bonds is 12. The zero-order chi connectivity index (χ0) is 87.1. The van der Waals surface area contributed by atoms with E-state index in [1.165, 1.54) is 27.6 Å². The number of allylic oxidation sites excluding steroid dienone is 3. The molecule has 3 atom stereocenters. The topological polar surface area (TPSA) is 250 Å². The minimum atomic E-state index is -0.882. The van der Waals surface area contributed by atoms with E-state index in [0.29, 0.717) is 170 Å². The molecule has 3 unspecified atom stereocenters. The second-order valence-electron chi connectivity index (χ2n) is 29.9. The molecule has 6 aliphatic rings. The Morgan fingerprint density at radius 1 is 0.315 bits per heavy atom. The molecule has 3 saturated heterocycles. The first-order valence-electron chi connectivity index (χ1n) is 39.9. The molecule has 3 fully saturated rings. The van der Waals surface area contributed by atoms with Crippen molar-refractivity contribution < 1.29 is 28.8 Å². The number of H-pyrrole nitrogens is 1. The molecule has 3 aromatic heterocycles. The largest absolute Gasteiger partial charge is 0.368 e. The number of nitrogens with one attached hydrogen (secondary N) is 4. The Bertz CT molecular complexity index is 6070. The average molecular weight is 1800 g/mol. The Hall–Kier alpha value is -12.5. The lowest BCUT2D eigenvalue weighted by Crippen LogP contribution is -2.50. The van der Waals surface area contributed by atoms with Gasteiger partial charge in [0.1, 0.15) is 35.6 Å². The molecule has 0 saturated carbocycles. The number of aromatic nitrogens is 6. The molecule has 0 radical (unpaired) electrons. The number of para-hydroxylation sites is 3. The van der Waals surface area contributed by atoms with E-state index in [2.05, 4.69) is 72.1 Å². The molecular formula is C93H82Cl7N15O9. The maximum Gasteiger partial charge on any atom is 0.279 e. The Labute approximate surface area is 748 Å². The average Bonchev–Trinajstić information content (AvgIpc) is 1.58. The molecule has 12 aromatic rings. The third-order valence-corrected chi connectivity index (χ3v) is 25.1. The Morgan fingerprint density at radius 3 is 0.903 bits per heavy atom. The fraction of sp³-hybridized carbons (Fsp3) is 0.194. The predicted octanol–water partition coefficient (Wildman–Crippen LogP) is 16.8. The highest BCUT2D eigenvalue weighted by Gasteiger charge is 2.43. The summed E-state index contributed by atoms with van der Waals surface area (Å²) in [5.74, 6) is -0.197. The summed E-state index contributed by atoms with van der Waals surface area (Å²) >= 11 is 44.4. The van der Waals surface area contributed by atoms with Crippen LogP contribution in [0.5, 0.6) is 0 Å². The van der Waals surface area contributed by atoms with Gasteiger partial charge in [-0.15, -0.1) is 0 Å². The van der Waals surface area contributed by atoms with E-state index in [4.69, 9.17) is 81.2 Å². The van der Waals surface area contributed by atoms with Crippen molar-refractivity contribution in [2.75, 3.05) is 109 Å². The third-order valence-electron chi connectivity index (χ3n) is 22.4. The number of carbonyl (C=O) groups is 6. The molecule has 6 aliphatic heterocycles. The van der Waals surface area contributed by atoms with Crippen molar-refractivity contribution >= 4 is 151 Å². The standard InChI is InChI=1S/2C31H27Cl2N5O3.C24H23Cl2N5O2.C7H5ClO/c2*1-20-27(31(41)36-17-15-35(16-18-36)22-11-6-3-7-12-22)29(23-13-8-14-24(32)28(23)33)37-25(34-20)19-26(39)38(37)30(40)21-9-4-2-5-10-21;1-15-21(24(33)30-12-10-29(11-13-30)16-6-3-2-4-7-16)23(17-8-5-9-18(25)22(17)26)31-19(27-15)14-20(32)28-31;8-7(9)6-4-2-1-3-5-6/h2*2-14,19,29,34H,15-18H2,1H3;2-9,14,23,27H,10-13H2,1H3,(H,28,32);1-5H. The molecule has 24 nitrogen and oxygen atoms in total. The van der Waals surface area contributed by atoms with Gasteiger partial charge in [-0.25, -0.2) is 9.36 Å². The van der Waals surface area contributed by atoms with Gasteiger partial charge in [-0.1, -0.05) is 227 Å². The quantitative estimate of drug-likeness (QED) is 0.0830. The summed E-state index contributed by atoms with van der Waals surface area (Å²) in [6.45, 7) is 12.8. The van der Waals surface area contributed by atoms with E-state index in [0.717, 1.165) is 39.5 Å². The highest BCUT2D eigenvalue weighted by molar-refractivity contribution is 6.67. The maximum absolute atomic E-state index is 14.3. The zero-order valence-electron chi connectivity index (χ0n) is 67.2. The monoisotopic (exact) mass is 1800 g/mol. The van der Waals surface area contributed by atoms with Crippen molar-refractivity contribution in [2.24, 2.45) is 0 Å². The van der Waals surface area contributed by atoms with Crippen LogP contribution >= 0.6 is 81.2 Å². The minimum absolute atomic E-state index is 0.0889. The van der Waals surface area contributed by atoms with E-state index >= 15 is 0 Å². The summed E-state index contributed by atoms with van der Waals surface area (Å²) < 4.78 is 6.82. The van der Waals surface area contributed by atoms with Crippen LogP contribution < -0.4 is 47.3 Å². The lowest BCUT2D eigenvalue weighted by Gasteiger charge is -2.39. The summed E-state index contributed by atoms with van der Waals surface area (Å²) in [5, 5.41) is 13.9. The molecule has 0 bridgehead atoms. The first-order valence-corrected chi connectivity index (χ1v) is 42.6. The summed E-state index contributed by atoms with van der Waals surface area (Å²) in [6.07, 6.45) is 0. The van der Waals surface area contributed by atoms with Crippen LogP contribution in [0.15, 0.2) is 303 Å². The number of carbonyl (C=O) groups excluding carboxylic acids is 6. The molecular weight excluding hydrogens is 1720 g/mol. The Morgan fingerprint density at radius 2 is 0.597 bits per heavy atom. The van der Waals surface area contributed by atoms with E-state index in [1.807, 2.05) is 78.6 Å². The lowest BCUT2D eigenvalue weighted by molar-refractivity contribution is -0.128. The summed E-state index contributed by atoms with van der Waals surface area (Å²) in [4.78, 5) is 131. The van der Waals surface area contributed by atoms with Crippen molar-refractivity contribution in [2.45, 2.75) is 38.9 Å². The van der Waals surface area contributed by atoms with Crippen LogP contribution in [0.4, 0.5) is 34.5 Å². The number of anilines is 6. The van der Waals surface area contributed by atoms with Crippen molar-refractivity contribution in [3.8, 4) is 0 Å². The van der Waals surface area contributed by atoms with Gasteiger partial charge >= 0.3 is 0 Å². The van der Waals surface area contributed by atoms with E-state index in [-0.39, 0.29) is 33.3 Å². The number of amides is 3. The van der Waals surface area contributed by atoms with Crippen molar-refractivity contribution in [3.05, 3.63) is 383 Å². The van der Waals surface area contributed by atoms with Crippen LogP contribution in [-0.4, -0.2) is 157 Å². The number of piperazine rings is 3. The fourth-order valence-electron chi connectivity index (χ4n) is 16.3. The molecule has 9 aromatic carbocycles. The number of benzene rings is 9. The highest BCUT2D eigenvalue weighted by Crippen LogP contribution is 2.46. The van der Waals surface area contributed by atoms with Gasteiger partial charge in [0.15, 0.2) is 0 Å². The summed E-state index contributed by atoms with van der Waals surface area (Å²) in [5.41, 5.74) is 8.09. The maximum atomic E-state index is 14.3. The van der Waals surface area contributed by atoms with Gasteiger partial charge in [-0.05, 0) is 111 Å². The van der Waals surface area contributed by atoms with Crippen LogP contribution in [0, 0.1) is 0 Å².